The molecule has 3 rings (SSSR count). The molecule has 28 heavy (non-hydrogen) atoms. The molecule has 0 aliphatic carbocycles. The van der Waals surface area contributed by atoms with Crippen molar-refractivity contribution in [1.29, 1.82) is 0 Å². The summed E-state index contributed by atoms with van der Waals surface area (Å²) >= 11 is 0. The van der Waals surface area contributed by atoms with E-state index in [9.17, 15) is 14.9 Å². The summed E-state index contributed by atoms with van der Waals surface area (Å²) in [6, 6.07) is 21.4. The molecule has 0 amide bonds. The van der Waals surface area contributed by atoms with E-state index in [1.807, 2.05) is 26.2 Å². The lowest BCUT2D eigenvalue weighted by Gasteiger charge is -2.10. The maximum absolute atomic E-state index is 12.5. The topological polar surface area (TPSA) is 63.5 Å². The molecule has 0 fully saturated rings. The standard InChI is InChI=1S/C22H20N2O3.ClH/c1-23(2)15-16-3-5-17(6-4-16)18-7-9-19(10-8-18)22(25)20-11-13-21(14-12-20)24(26)27;/h3-14H,15H2,1-2H3;1H. The Morgan fingerprint density at radius 1 is 0.821 bits per heavy atom. The van der Waals surface area contributed by atoms with E-state index >= 15 is 0 Å². The number of hydrogen-bond donors (Lipinski definition) is 0. The molecular formula is C22H21ClN2O3. The van der Waals surface area contributed by atoms with Gasteiger partial charge >= 0.3 is 0 Å². The molecule has 3 aromatic rings. The summed E-state index contributed by atoms with van der Waals surface area (Å²) in [5.74, 6) is -0.155. The lowest BCUT2D eigenvalue weighted by Crippen LogP contribution is -2.10. The Morgan fingerprint density at radius 3 is 1.68 bits per heavy atom. The minimum atomic E-state index is -0.479. The van der Waals surface area contributed by atoms with Crippen LogP contribution in [-0.2, 0) is 6.54 Å². The van der Waals surface area contributed by atoms with Crippen molar-refractivity contribution in [2.75, 3.05) is 14.1 Å². The van der Waals surface area contributed by atoms with Crippen LogP contribution >= 0.6 is 12.4 Å². The number of nitro benzene ring substituents is 1. The average Bonchev–Trinajstić information content (AvgIpc) is 2.68. The van der Waals surface area contributed by atoms with Crippen molar-refractivity contribution in [3.05, 3.63) is 99.6 Å². The number of ketones is 1. The summed E-state index contributed by atoms with van der Waals surface area (Å²) in [6.45, 7) is 0.892. The van der Waals surface area contributed by atoms with Crippen LogP contribution in [0.15, 0.2) is 72.8 Å². The van der Waals surface area contributed by atoms with E-state index in [1.165, 1.54) is 29.8 Å². The summed E-state index contributed by atoms with van der Waals surface area (Å²) in [4.78, 5) is 24.9. The third-order valence-electron chi connectivity index (χ3n) is 4.27. The second kappa shape index (κ2) is 9.26. The minimum absolute atomic E-state index is 0. The maximum atomic E-state index is 12.5. The first-order chi connectivity index (χ1) is 12.9. The van der Waals surface area contributed by atoms with Gasteiger partial charge in [-0.1, -0.05) is 48.5 Å². The second-order valence-corrected chi connectivity index (χ2v) is 6.65. The Labute approximate surface area is 170 Å². The number of hydrogen-bond acceptors (Lipinski definition) is 4. The van der Waals surface area contributed by atoms with Gasteiger partial charge in [-0.15, -0.1) is 12.4 Å². The highest BCUT2D eigenvalue weighted by molar-refractivity contribution is 6.09. The van der Waals surface area contributed by atoms with Crippen LogP contribution in [0.4, 0.5) is 5.69 Å². The molecule has 144 valence electrons. The summed E-state index contributed by atoms with van der Waals surface area (Å²) in [5, 5.41) is 10.7. The fourth-order valence-corrected chi connectivity index (χ4v) is 2.88. The van der Waals surface area contributed by atoms with Gasteiger partial charge in [0.25, 0.3) is 5.69 Å². The van der Waals surface area contributed by atoms with E-state index in [2.05, 4.69) is 29.2 Å². The van der Waals surface area contributed by atoms with Crippen LogP contribution in [-0.4, -0.2) is 29.7 Å². The predicted molar refractivity (Wildman–Crippen MR) is 113 cm³/mol. The molecule has 6 heteroatoms. The van der Waals surface area contributed by atoms with Crippen molar-refractivity contribution in [2.24, 2.45) is 0 Å². The Bertz CT molecular complexity index is 951. The largest absolute Gasteiger partial charge is 0.305 e. The Hall–Kier alpha value is -3.02. The fraction of sp³-hybridized carbons (Fsp3) is 0.136. The average molecular weight is 397 g/mol. The molecule has 0 bridgehead atoms. The Morgan fingerprint density at radius 2 is 1.25 bits per heavy atom. The monoisotopic (exact) mass is 396 g/mol. The molecule has 0 atom stereocenters. The highest BCUT2D eigenvalue weighted by Gasteiger charge is 2.12. The van der Waals surface area contributed by atoms with Crippen molar-refractivity contribution in [3.63, 3.8) is 0 Å². The Kier molecular flexibility index (Phi) is 7.04. The highest BCUT2D eigenvalue weighted by atomic mass is 35.5. The summed E-state index contributed by atoms with van der Waals surface area (Å²) in [7, 11) is 4.07. The van der Waals surface area contributed by atoms with Crippen LogP contribution in [0.25, 0.3) is 11.1 Å². The zero-order valence-electron chi connectivity index (χ0n) is 15.7. The molecule has 0 spiro atoms. The maximum Gasteiger partial charge on any atom is 0.269 e. The van der Waals surface area contributed by atoms with Gasteiger partial charge in [-0.25, -0.2) is 0 Å². The van der Waals surface area contributed by atoms with Crippen LogP contribution in [0.3, 0.4) is 0 Å². The number of halogens is 1. The first-order valence-electron chi connectivity index (χ1n) is 8.57. The van der Waals surface area contributed by atoms with Crippen LogP contribution in [0.2, 0.25) is 0 Å². The molecule has 0 saturated carbocycles. The molecule has 0 aromatic heterocycles. The lowest BCUT2D eigenvalue weighted by atomic mass is 9.98. The van der Waals surface area contributed by atoms with Gasteiger partial charge in [-0.2, -0.15) is 0 Å². The SMILES string of the molecule is CN(C)Cc1ccc(-c2ccc(C(=O)c3ccc([N+](=O)[O-])cc3)cc2)cc1.Cl. The van der Waals surface area contributed by atoms with Crippen molar-refractivity contribution < 1.29 is 9.72 Å². The molecule has 0 radical (unpaired) electrons. The first-order valence-corrected chi connectivity index (χ1v) is 8.57. The number of carbonyl (C=O) groups is 1. The van der Waals surface area contributed by atoms with Gasteiger partial charge in [0.1, 0.15) is 0 Å². The third-order valence-corrected chi connectivity index (χ3v) is 4.27. The smallest absolute Gasteiger partial charge is 0.269 e. The first kappa shape index (κ1) is 21.3. The molecular weight excluding hydrogens is 376 g/mol. The molecule has 0 saturated heterocycles. The van der Waals surface area contributed by atoms with Crippen LogP contribution < -0.4 is 0 Å². The van der Waals surface area contributed by atoms with E-state index in [0.29, 0.717) is 11.1 Å². The number of nitrogens with zero attached hydrogens (tertiary/aromatic N) is 2. The van der Waals surface area contributed by atoms with Crippen molar-refractivity contribution in [2.45, 2.75) is 6.54 Å². The summed E-state index contributed by atoms with van der Waals surface area (Å²) in [6.07, 6.45) is 0. The van der Waals surface area contributed by atoms with Crippen molar-refractivity contribution >= 4 is 23.9 Å². The minimum Gasteiger partial charge on any atom is -0.305 e. The van der Waals surface area contributed by atoms with Crippen molar-refractivity contribution in [3.8, 4) is 11.1 Å². The lowest BCUT2D eigenvalue weighted by molar-refractivity contribution is -0.384. The zero-order valence-corrected chi connectivity index (χ0v) is 16.5. The van der Waals surface area contributed by atoms with Crippen LogP contribution in [0.5, 0.6) is 0 Å². The molecule has 5 nitrogen and oxygen atoms in total. The normalized spacial score (nSPS) is 10.4. The van der Waals surface area contributed by atoms with Gasteiger partial charge in [-0.3, -0.25) is 14.9 Å². The van der Waals surface area contributed by atoms with Crippen molar-refractivity contribution in [1.82, 2.24) is 4.90 Å². The Balaban J connectivity index is 0.00000280. The van der Waals surface area contributed by atoms with Gasteiger partial charge in [0.05, 0.1) is 4.92 Å². The molecule has 3 aromatic carbocycles. The van der Waals surface area contributed by atoms with Gasteiger partial charge < -0.3 is 4.90 Å². The fourth-order valence-electron chi connectivity index (χ4n) is 2.88. The molecule has 0 aliphatic rings. The predicted octanol–water partition coefficient (Wildman–Crippen LogP) is 4.98. The van der Waals surface area contributed by atoms with Gasteiger partial charge in [0.15, 0.2) is 5.78 Å². The van der Waals surface area contributed by atoms with E-state index in [-0.39, 0.29) is 23.9 Å². The zero-order chi connectivity index (χ0) is 19.4. The van der Waals surface area contributed by atoms with Gasteiger partial charge in [0, 0.05) is 29.8 Å². The van der Waals surface area contributed by atoms with E-state index in [4.69, 9.17) is 0 Å². The summed E-state index contributed by atoms with van der Waals surface area (Å²) in [5.41, 5.74) is 4.32. The molecule has 0 unspecified atom stereocenters. The summed E-state index contributed by atoms with van der Waals surface area (Å²) < 4.78 is 0. The molecule has 0 N–H and O–H groups in total. The van der Waals surface area contributed by atoms with Crippen LogP contribution in [0, 0.1) is 10.1 Å². The van der Waals surface area contributed by atoms with Gasteiger partial charge in [0.2, 0.25) is 0 Å². The highest BCUT2D eigenvalue weighted by Crippen LogP contribution is 2.22. The quantitative estimate of drug-likeness (QED) is 0.335. The van der Waals surface area contributed by atoms with E-state index in [0.717, 1.165) is 17.7 Å². The molecule has 0 aliphatic heterocycles. The van der Waals surface area contributed by atoms with E-state index in [1.54, 1.807) is 12.1 Å². The number of rotatable bonds is 6. The number of benzene rings is 3. The number of nitro groups is 1. The number of carbonyl (C=O) groups excluding carboxylic acids is 1. The molecule has 0 heterocycles. The van der Waals surface area contributed by atoms with Crippen LogP contribution in [0.1, 0.15) is 21.5 Å². The van der Waals surface area contributed by atoms with E-state index < -0.39 is 4.92 Å². The number of non-ortho nitro benzene ring substituents is 1. The second-order valence-electron chi connectivity index (χ2n) is 6.65. The van der Waals surface area contributed by atoms with Gasteiger partial charge in [-0.05, 0) is 42.9 Å². The third kappa shape index (κ3) is 5.03.